The Bertz CT molecular complexity index is 523. The second kappa shape index (κ2) is 7.70. The molecule has 0 aromatic heterocycles. The smallest absolute Gasteiger partial charge is 0.404 e. The van der Waals surface area contributed by atoms with Crippen molar-refractivity contribution in [2.45, 2.75) is 32.6 Å². The van der Waals surface area contributed by atoms with Gasteiger partial charge in [0.2, 0.25) is 0 Å². The first-order chi connectivity index (χ1) is 9.45. The Labute approximate surface area is 123 Å². The van der Waals surface area contributed by atoms with Crippen LogP contribution >= 0.6 is 19.6 Å². The summed E-state index contributed by atoms with van der Waals surface area (Å²) in [6, 6.07) is 3.44. The molecule has 0 aliphatic heterocycles. The number of hydrogen-bond donors (Lipinski definition) is 0. The van der Waals surface area contributed by atoms with E-state index < -0.39 is 7.82 Å². The topological polar surface area (TPSA) is 68.6 Å². The predicted molar refractivity (Wildman–Crippen MR) is 78.9 cm³/mol. The van der Waals surface area contributed by atoms with Crippen LogP contribution in [0.5, 0.6) is 5.75 Å². The third-order valence-electron chi connectivity index (χ3n) is 2.37. The van der Waals surface area contributed by atoms with E-state index in [1.54, 1.807) is 26.0 Å². The Hall–Kier alpha value is -0.990. The summed E-state index contributed by atoms with van der Waals surface area (Å²) in [4.78, 5) is 0.877. The molecule has 110 valence electrons. The molecule has 0 saturated heterocycles. The van der Waals surface area contributed by atoms with Gasteiger partial charge in [-0.05, 0) is 62.7 Å². The Morgan fingerprint density at radius 3 is 2.10 bits per heavy atom. The maximum atomic E-state index is 12.3. The van der Waals surface area contributed by atoms with Crippen LogP contribution < -0.4 is 4.52 Å². The lowest BCUT2D eigenvalue weighted by Crippen LogP contribution is -2.03. The zero-order valence-electron chi connectivity index (χ0n) is 12.0. The van der Waals surface area contributed by atoms with Crippen LogP contribution in [0.1, 0.15) is 25.0 Å². The van der Waals surface area contributed by atoms with Crippen molar-refractivity contribution in [3.8, 4) is 11.2 Å². The molecule has 1 aromatic carbocycles. The molecule has 5 nitrogen and oxygen atoms in total. The highest BCUT2D eigenvalue weighted by Gasteiger charge is 2.27. The van der Waals surface area contributed by atoms with Gasteiger partial charge in [-0.15, -0.1) is 0 Å². The van der Waals surface area contributed by atoms with Gasteiger partial charge in [-0.1, -0.05) is 0 Å². The van der Waals surface area contributed by atoms with Crippen molar-refractivity contribution in [2.24, 2.45) is 0 Å². The molecule has 0 spiro atoms. The fourth-order valence-corrected chi connectivity index (χ4v) is 3.41. The molecule has 0 atom stereocenters. The number of nitriles is 1. The van der Waals surface area contributed by atoms with E-state index in [2.05, 4.69) is 0 Å². The minimum absolute atomic E-state index is 0.234. The Morgan fingerprint density at radius 1 is 1.20 bits per heavy atom. The van der Waals surface area contributed by atoms with E-state index in [0.29, 0.717) is 5.75 Å². The number of rotatable bonds is 7. The van der Waals surface area contributed by atoms with Crippen LogP contribution in [0.3, 0.4) is 0 Å². The molecule has 0 bridgehead atoms. The van der Waals surface area contributed by atoms with Gasteiger partial charge in [0, 0.05) is 4.90 Å². The van der Waals surface area contributed by atoms with Gasteiger partial charge in [-0.2, -0.15) is 5.26 Å². The van der Waals surface area contributed by atoms with Crippen molar-refractivity contribution in [1.82, 2.24) is 0 Å². The SMILES string of the molecule is CCOP(=O)(OCC)Oc1cc(C)c(SC#N)c(C)c1. The van der Waals surface area contributed by atoms with E-state index >= 15 is 0 Å². The summed E-state index contributed by atoms with van der Waals surface area (Å²) in [5.74, 6) is 0.410. The van der Waals surface area contributed by atoms with Crippen molar-refractivity contribution in [3.05, 3.63) is 23.3 Å². The van der Waals surface area contributed by atoms with E-state index in [4.69, 9.17) is 18.8 Å². The number of hydrogen-bond acceptors (Lipinski definition) is 6. The standard InChI is InChI=1S/C13H18NO4PS/c1-5-16-19(15,17-6-2)18-12-7-10(3)13(20-9-14)11(4)8-12/h7-8H,5-6H2,1-4H3. The molecule has 1 aromatic rings. The number of benzene rings is 1. The van der Waals surface area contributed by atoms with E-state index in [9.17, 15) is 4.57 Å². The average molecular weight is 315 g/mol. The molecule has 0 N–H and O–H groups in total. The Kier molecular flexibility index (Phi) is 6.57. The molecule has 0 radical (unpaired) electrons. The lowest BCUT2D eigenvalue weighted by atomic mass is 10.1. The molecule has 20 heavy (non-hydrogen) atoms. The highest BCUT2D eigenvalue weighted by Crippen LogP contribution is 2.49. The summed E-state index contributed by atoms with van der Waals surface area (Å²) in [6.45, 7) is 7.64. The number of nitrogens with zero attached hydrogens (tertiary/aromatic N) is 1. The quantitative estimate of drug-likeness (QED) is 0.421. The Balaban J connectivity index is 3.03. The maximum Gasteiger partial charge on any atom is 0.530 e. The van der Waals surface area contributed by atoms with E-state index in [1.165, 1.54) is 0 Å². The van der Waals surface area contributed by atoms with Crippen LogP contribution in [0.25, 0.3) is 0 Å². The lowest BCUT2D eigenvalue weighted by molar-refractivity contribution is 0.167. The zero-order valence-corrected chi connectivity index (χ0v) is 13.7. The summed E-state index contributed by atoms with van der Waals surface area (Å²) >= 11 is 1.09. The van der Waals surface area contributed by atoms with Crippen molar-refractivity contribution >= 4 is 19.6 Å². The number of thioether (sulfide) groups is 1. The molecule has 0 aliphatic rings. The van der Waals surface area contributed by atoms with Gasteiger partial charge in [0.1, 0.15) is 11.2 Å². The molecular formula is C13H18NO4PS. The molecule has 0 amide bonds. The van der Waals surface area contributed by atoms with Gasteiger partial charge in [-0.25, -0.2) is 4.57 Å². The van der Waals surface area contributed by atoms with E-state index in [0.717, 1.165) is 27.8 Å². The lowest BCUT2D eigenvalue weighted by Gasteiger charge is -2.18. The van der Waals surface area contributed by atoms with Crippen LogP contribution in [0.4, 0.5) is 0 Å². The number of phosphoric acid groups is 1. The van der Waals surface area contributed by atoms with Crippen molar-refractivity contribution in [3.63, 3.8) is 0 Å². The number of phosphoric ester groups is 1. The van der Waals surface area contributed by atoms with Crippen LogP contribution in [-0.4, -0.2) is 13.2 Å². The number of aryl methyl sites for hydroxylation is 2. The number of thiocyanates is 1. The first-order valence-electron chi connectivity index (χ1n) is 6.21. The van der Waals surface area contributed by atoms with E-state index in [-0.39, 0.29) is 13.2 Å². The zero-order chi connectivity index (χ0) is 15.2. The third-order valence-corrected chi connectivity index (χ3v) is 4.90. The minimum Gasteiger partial charge on any atom is -0.404 e. The third kappa shape index (κ3) is 4.53. The van der Waals surface area contributed by atoms with Gasteiger partial charge in [0.05, 0.1) is 13.2 Å². The van der Waals surface area contributed by atoms with Crippen molar-refractivity contribution in [1.29, 1.82) is 5.26 Å². The molecule has 1 rings (SSSR count). The molecule has 7 heteroatoms. The maximum absolute atomic E-state index is 12.3. The highest BCUT2D eigenvalue weighted by molar-refractivity contribution is 8.03. The monoisotopic (exact) mass is 315 g/mol. The fraction of sp³-hybridized carbons (Fsp3) is 0.462. The average Bonchev–Trinajstić information content (AvgIpc) is 2.34. The van der Waals surface area contributed by atoms with Crippen LogP contribution in [0.2, 0.25) is 0 Å². The summed E-state index contributed by atoms with van der Waals surface area (Å²) in [7, 11) is -3.58. The first-order valence-corrected chi connectivity index (χ1v) is 8.49. The summed E-state index contributed by atoms with van der Waals surface area (Å²) in [5, 5.41) is 10.8. The normalized spacial score (nSPS) is 11.2. The van der Waals surface area contributed by atoms with Gasteiger partial charge in [0.25, 0.3) is 0 Å². The minimum atomic E-state index is -3.58. The molecule has 0 aliphatic carbocycles. The van der Waals surface area contributed by atoms with Crippen molar-refractivity contribution in [2.75, 3.05) is 13.2 Å². The molecular weight excluding hydrogens is 297 g/mol. The fourth-order valence-electron chi connectivity index (χ4n) is 1.71. The molecule has 0 saturated carbocycles. The second-order valence-corrected chi connectivity index (χ2v) is 6.34. The summed E-state index contributed by atoms with van der Waals surface area (Å²) < 4.78 is 27.9. The first kappa shape index (κ1) is 17.1. The molecule has 0 heterocycles. The highest BCUT2D eigenvalue weighted by atomic mass is 32.2. The van der Waals surface area contributed by atoms with Gasteiger partial charge < -0.3 is 4.52 Å². The van der Waals surface area contributed by atoms with Crippen LogP contribution in [0, 0.1) is 24.5 Å². The van der Waals surface area contributed by atoms with Gasteiger partial charge in [0.15, 0.2) is 0 Å². The van der Waals surface area contributed by atoms with Gasteiger partial charge >= 0.3 is 7.82 Å². The Morgan fingerprint density at radius 2 is 1.70 bits per heavy atom. The van der Waals surface area contributed by atoms with Gasteiger partial charge in [-0.3, -0.25) is 9.05 Å². The summed E-state index contributed by atoms with van der Waals surface area (Å²) in [6.07, 6.45) is 0. The predicted octanol–water partition coefficient (Wildman–Crippen LogP) is 4.44. The molecule has 0 unspecified atom stereocenters. The molecule has 0 fully saturated rings. The largest absolute Gasteiger partial charge is 0.530 e. The van der Waals surface area contributed by atoms with Crippen LogP contribution in [0.15, 0.2) is 17.0 Å². The summed E-state index contributed by atoms with van der Waals surface area (Å²) in [5.41, 5.74) is 1.76. The second-order valence-electron chi connectivity index (χ2n) is 3.95. The van der Waals surface area contributed by atoms with Crippen LogP contribution in [-0.2, 0) is 13.6 Å². The van der Waals surface area contributed by atoms with Crippen molar-refractivity contribution < 1.29 is 18.1 Å². The van der Waals surface area contributed by atoms with E-state index in [1.807, 2.05) is 19.2 Å².